The molecule has 0 saturated carbocycles. The number of nitrogens with zero attached hydrogens (tertiary/aromatic N) is 2. The third kappa shape index (κ3) is 18.1. The van der Waals surface area contributed by atoms with E-state index in [2.05, 4.69) is 15.6 Å². The fraction of sp³-hybridized carbons (Fsp3) is 0.714. The van der Waals surface area contributed by atoms with Crippen molar-refractivity contribution in [2.24, 2.45) is 22.3 Å². The van der Waals surface area contributed by atoms with Crippen LogP contribution in [0.4, 0.5) is 0 Å². The molecule has 0 aliphatic carbocycles. The Morgan fingerprint density at radius 1 is 0.817 bits per heavy atom. The van der Waals surface area contributed by atoms with Crippen molar-refractivity contribution in [3.05, 3.63) is 41.0 Å². The minimum absolute atomic E-state index is 0.0360. The Morgan fingerprint density at radius 2 is 1.33 bits per heavy atom. The van der Waals surface area contributed by atoms with Crippen LogP contribution in [0.2, 0.25) is 0 Å². The van der Waals surface area contributed by atoms with E-state index >= 15 is 0 Å². The molecule has 3 rings (SSSR count). The van der Waals surface area contributed by atoms with Crippen LogP contribution < -0.4 is 22.1 Å². The van der Waals surface area contributed by atoms with Gasteiger partial charge in [-0.05, 0) is 30.4 Å². The van der Waals surface area contributed by atoms with Crippen LogP contribution in [0.25, 0.3) is 10.4 Å². The first-order valence-corrected chi connectivity index (χ1v) is 21.6. The minimum atomic E-state index is -1.01. The number of nitrogens with one attached hydrogen (secondary N) is 2. The van der Waals surface area contributed by atoms with Gasteiger partial charge in [0.1, 0.15) is 18.7 Å². The molecule has 0 spiro atoms. The van der Waals surface area contributed by atoms with E-state index in [1.165, 1.54) is 4.90 Å². The molecule has 3 amide bonds. The number of hydrogen-bond acceptors (Lipinski definition) is 15. The van der Waals surface area contributed by atoms with Gasteiger partial charge in [-0.25, -0.2) is 4.98 Å². The standard InChI is InChI=1S/C42H70N6O11S/c1-30(32-7-9-33(10-8-32)37-31(2)45-29-60-37)46-39(51)35-23-34(49)24-48(35)40(52)38(41(3,4)5)47-36(50)25-59-28-42(6,26-57-21-19-55-17-15-53-13-11-43)27-58-22-20-56-18-16-54-14-12-44/h7-10,29-30,34-35,38,49H,11-28,43-44H2,1-6H3,(H,46,51)(H,47,50)/t30-,34-,35-,38+/m0/s1. The van der Waals surface area contributed by atoms with Crippen molar-refractivity contribution in [2.75, 3.05) is 112 Å². The fourth-order valence-corrected chi connectivity index (χ4v) is 7.23. The fourth-order valence-electron chi connectivity index (χ4n) is 6.42. The van der Waals surface area contributed by atoms with Crippen LogP contribution in [0.3, 0.4) is 0 Å². The molecule has 2 aromatic rings. The van der Waals surface area contributed by atoms with E-state index in [4.69, 9.17) is 44.6 Å². The highest BCUT2D eigenvalue weighted by molar-refractivity contribution is 7.13. The van der Waals surface area contributed by atoms with E-state index in [9.17, 15) is 19.5 Å². The van der Waals surface area contributed by atoms with E-state index in [1.54, 1.807) is 11.3 Å². The van der Waals surface area contributed by atoms with E-state index in [0.717, 1.165) is 21.7 Å². The molecule has 1 aromatic heterocycles. The molecule has 7 N–H and O–H groups in total. The number of carbonyl (C=O) groups is 3. The number of amides is 3. The van der Waals surface area contributed by atoms with Crippen molar-refractivity contribution in [1.82, 2.24) is 20.5 Å². The number of likely N-dealkylation sites (tertiary alicyclic amines) is 1. The Kier molecular flexibility index (Phi) is 23.1. The second-order valence-corrected chi connectivity index (χ2v) is 17.2. The number of aliphatic hydroxyl groups excluding tert-OH is 1. The molecule has 60 heavy (non-hydrogen) atoms. The van der Waals surface area contributed by atoms with Crippen LogP contribution in [0, 0.1) is 17.8 Å². The summed E-state index contributed by atoms with van der Waals surface area (Å²) in [5.74, 6) is -1.35. The van der Waals surface area contributed by atoms with Crippen molar-refractivity contribution in [3.63, 3.8) is 0 Å². The van der Waals surface area contributed by atoms with Crippen LogP contribution in [0.1, 0.15) is 58.3 Å². The largest absolute Gasteiger partial charge is 0.391 e. The Labute approximate surface area is 359 Å². The SMILES string of the molecule is Cc1ncsc1-c1ccc([C@H](C)NC(=O)[C@@H]2C[C@H](O)CN2C(=O)[C@@H](NC(=O)COCC(C)(COCCOCCOCCN)COCCOCCOCCN)C(C)(C)C)cc1. The molecule has 4 atom stereocenters. The zero-order valence-corrected chi connectivity index (χ0v) is 37.2. The average Bonchev–Trinajstić information content (AvgIpc) is 3.83. The van der Waals surface area contributed by atoms with Gasteiger partial charge in [0, 0.05) is 31.5 Å². The molecule has 1 aliphatic heterocycles. The van der Waals surface area contributed by atoms with Gasteiger partial charge in [-0.1, -0.05) is 52.0 Å². The molecule has 18 heteroatoms. The van der Waals surface area contributed by atoms with Gasteiger partial charge in [-0.15, -0.1) is 11.3 Å². The van der Waals surface area contributed by atoms with Crippen molar-refractivity contribution in [2.45, 2.75) is 72.2 Å². The number of ether oxygens (including phenoxy) is 7. The summed E-state index contributed by atoms with van der Waals surface area (Å²) in [5.41, 5.74) is 14.2. The summed E-state index contributed by atoms with van der Waals surface area (Å²) in [6.07, 6.45) is -0.817. The molecule has 1 saturated heterocycles. The molecule has 340 valence electrons. The van der Waals surface area contributed by atoms with Gasteiger partial charge in [-0.3, -0.25) is 14.4 Å². The van der Waals surface area contributed by atoms with Crippen molar-refractivity contribution < 1.29 is 52.6 Å². The summed E-state index contributed by atoms with van der Waals surface area (Å²) in [7, 11) is 0. The number of aromatic nitrogens is 1. The predicted octanol–water partition coefficient (Wildman–Crippen LogP) is 1.83. The number of β-amino-alcohol motifs (C(OH)–C–C–N with tert-alkyl or cyclic N) is 1. The number of rotatable bonds is 30. The summed E-state index contributed by atoms with van der Waals surface area (Å²) in [5, 5.41) is 16.5. The lowest BCUT2D eigenvalue weighted by Crippen LogP contribution is -2.58. The number of aliphatic hydroxyl groups is 1. The zero-order chi connectivity index (χ0) is 44.0. The van der Waals surface area contributed by atoms with Gasteiger partial charge in [-0.2, -0.15) is 0 Å². The second kappa shape index (κ2) is 27.0. The summed E-state index contributed by atoms with van der Waals surface area (Å²) in [6.45, 7) is 16.5. The lowest BCUT2D eigenvalue weighted by Gasteiger charge is -2.35. The number of thiazole rings is 1. The first-order chi connectivity index (χ1) is 28.7. The smallest absolute Gasteiger partial charge is 0.246 e. The third-order valence-electron chi connectivity index (χ3n) is 9.66. The van der Waals surface area contributed by atoms with Crippen LogP contribution in [0.5, 0.6) is 0 Å². The van der Waals surface area contributed by atoms with Crippen molar-refractivity contribution in [1.29, 1.82) is 0 Å². The van der Waals surface area contributed by atoms with Gasteiger partial charge in [0.05, 0.1) is 114 Å². The summed E-state index contributed by atoms with van der Waals surface area (Å²) in [6, 6.07) is 5.63. The lowest BCUT2D eigenvalue weighted by atomic mass is 9.85. The average molecular weight is 867 g/mol. The maximum Gasteiger partial charge on any atom is 0.246 e. The Balaban J connectivity index is 1.55. The predicted molar refractivity (Wildman–Crippen MR) is 228 cm³/mol. The molecule has 1 aromatic carbocycles. The topological polar surface area (TPSA) is 228 Å². The number of nitrogens with two attached hydrogens (primary N) is 2. The first-order valence-electron chi connectivity index (χ1n) is 20.7. The van der Waals surface area contributed by atoms with Crippen LogP contribution in [-0.4, -0.2) is 163 Å². The minimum Gasteiger partial charge on any atom is -0.391 e. The second-order valence-electron chi connectivity index (χ2n) is 16.3. The van der Waals surface area contributed by atoms with Crippen molar-refractivity contribution in [3.8, 4) is 10.4 Å². The molecule has 2 heterocycles. The quantitative estimate of drug-likeness (QED) is 0.0707. The molecule has 0 unspecified atom stereocenters. The normalized spacial score (nSPS) is 16.9. The highest BCUT2D eigenvalue weighted by Gasteiger charge is 2.44. The van der Waals surface area contributed by atoms with Gasteiger partial charge < -0.3 is 65.3 Å². The van der Waals surface area contributed by atoms with Gasteiger partial charge >= 0.3 is 0 Å². The molecule has 0 radical (unpaired) electrons. The van der Waals surface area contributed by atoms with Gasteiger partial charge in [0.25, 0.3) is 0 Å². The Morgan fingerprint density at radius 3 is 1.83 bits per heavy atom. The Bertz CT molecular complexity index is 1520. The zero-order valence-electron chi connectivity index (χ0n) is 36.4. The first kappa shape index (κ1) is 51.2. The number of aryl methyl sites for hydroxylation is 1. The number of carbonyl (C=O) groups excluding carboxylic acids is 3. The highest BCUT2D eigenvalue weighted by atomic mass is 32.1. The summed E-state index contributed by atoms with van der Waals surface area (Å²) >= 11 is 1.57. The van der Waals surface area contributed by atoms with Crippen LogP contribution in [-0.2, 0) is 47.5 Å². The molecular formula is C42H70N6O11S. The summed E-state index contributed by atoms with van der Waals surface area (Å²) < 4.78 is 39.5. The summed E-state index contributed by atoms with van der Waals surface area (Å²) in [4.78, 5) is 48.0. The van der Waals surface area contributed by atoms with Crippen LogP contribution >= 0.6 is 11.3 Å². The number of hydrogen-bond donors (Lipinski definition) is 5. The lowest BCUT2D eigenvalue weighted by molar-refractivity contribution is -0.145. The van der Waals surface area contributed by atoms with Gasteiger partial charge in [0.15, 0.2) is 0 Å². The monoisotopic (exact) mass is 866 g/mol. The van der Waals surface area contributed by atoms with E-state index in [0.29, 0.717) is 79.2 Å². The maximum absolute atomic E-state index is 14.2. The number of benzene rings is 1. The maximum atomic E-state index is 14.2. The van der Waals surface area contributed by atoms with Crippen molar-refractivity contribution >= 4 is 29.1 Å². The molecule has 1 fully saturated rings. The van der Waals surface area contributed by atoms with E-state index in [1.807, 2.05) is 71.3 Å². The molecule has 1 aliphatic rings. The van der Waals surface area contributed by atoms with E-state index in [-0.39, 0.29) is 51.3 Å². The third-order valence-corrected chi connectivity index (χ3v) is 10.6. The van der Waals surface area contributed by atoms with Crippen LogP contribution in [0.15, 0.2) is 29.8 Å². The highest BCUT2D eigenvalue weighted by Crippen LogP contribution is 2.30. The Hall–Kier alpha value is -3.14. The molecular weight excluding hydrogens is 797 g/mol. The molecule has 17 nitrogen and oxygen atoms in total. The molecule has 0 bridgehead atoms. The van der Waals surface area contributed by atoms with E-state index < -0.39 is 40.8 Å². The van der Waals surface area contributed by atoms with Gasteiger partial charge in [0.2, 0.25) is 17.7 Å².